The maximum Gasteiger partial charge on any atom is 0.136 e. The molecule has 2 heteroatoms. The average Bonchev–Trinajstić information content (AvgIpc) is 3.12. The Kier molecular flexibility index (Phi) is 3.29. The van der Waals surface area contributed by atoms with E-state index in [-0.39, 0.29) is 0 Å². The van der Waals surface area contributed by atoms with E-state index < -0.39 is 0 Å². The number of halogens is 1. The summed E-state index contributed by atoms with van der Waals surface area (Å²) in [6, 6.07) is 31.4. The standard InChI is InChI=1S/C26H15ClO/c27-22-13-14-24-26(20-7-3-4-8-23(20)28-24)25(22)18-12-11-17-10-9-16-5-1-2-6-19(16)21(17)15-18/h1-15H. The third kappa shape index (κ3) is 2.20. The lowest BCUT2D eigenvalue weighted by atomic mass is 9.95. The van der Waals surface area contributed by atoms with E-state index in [1.54, 1.807) is 0 Å². The highest BCUT2D eigenvalue weighted by Crippen LogP contribution is 2.42. The minimum Gasteiger partial charge on any atom is -0.456 e. The lowest BCUT2D eigenvalue weighted by molar-refractivity contribution is 0.669. The van der Waals surface area contributed by atoms with Gasteiger partial charge in [0.15, 0.2) is 0 Å². The summed E-state index contributed by atoms with van der Waals surface area (Å²) < 4.78 is 6.07. The first kappa shape index (κ1) is 15.7. The van der Waals surface area contributed by atoms with Crippen molar-refractivity contribution in [1.82, 2.24) is 0 Å². The summed E-state index contributed by atoms with van der Waals surface area (Å²) in [5, 5.41) is 7.85. The van der Waals surface area contributed by atoms with Crippen LogP contribution in [-0.4, -0.2) is 0 Å². The van der Waals surface area contributed by atoms with Crippen molar-refractivity contribution in [2.24, 2.45) is 0 Å². The monoisotopic (exact) mass is 378 g/mol. The van der Waals surface area contributed by atoms with Crippen molar-refractivity contribution in [2.45, 2.75) is 0 Å². The highest BCUT2D eigenvalue weighted by atomic mass is 35.5. The molecule has 0 fully saturated rings. The Morgan fingerprint density at radius 1 is 0.571 bits per heavy atom. The fourth-order valence-electron chi connectivity index (χ4n) is 4.23. The molecule has 6 aromatic rings. The van der Waals surface area contributed by atoms with Gasteiger partial charge < -0.3 is 4.42 Å². The third-order valence-electron chi connectivity index (χ3n) is 5.53. The second-order valence-corrected chi connectivity index (χ2v) is 7.52. The first-order valence-corrected chi connectivity index (χ1v) is 9.69. The first-order chi connectivity index (χ1) is 13.8. The second-order valence-electron chi connectivity index (χ2n) is 7.12. The minimum absolute atomic E-state index is 0.735. The highest BCUT2D eigenvalue weighted by Gasteiger charge is 2.16. The number of benzene rings is 5. The molecule has 0 spiro atoms. The highest BCUT2D eigenvalue weighted by molar-refractivity contribution is 6.36. The molecule has 0 unspecified atom stereocenters. The van der Waals surface area contributed by atoms with Crippen molar-refractivity contribution in [2.75, 3.05) is 0 Å². The Bertz CT molecular complexity index is 1520. The van der Waals surface area contributed by atoms with E-state index in [4.69, 9.17) is 16.0 Å². The Morgan fingerprint density at radius 3 is 2.18 bits per heavy atom. The Balaban J connectivity index is 1.75. The predicted molar refractivity (Wildman–Crippen MR) is 119 cm³/mol. The van der Waals surface area contributed by atoms with Crippen LogP contribution in [0.4, 0.5) is 0 Å². The first-order valence-electron chi connectivity index (χ1n) is 9.31. The van der Waals surface area contributed by atoms with E-state index in [0.29, 0.717) is 0 Å². The van der Waals surface area contributed by atoms with Crippen molar-refractivity contribution in [3.63, 3.8) is 0 Å². The van der Waals surface area contributed by atoms with Gasteiger partial charge in [-0.15, -0.1) is 0 Å². The molecule has 0 aliphatic carbocycles. The smallest absolute Gasteiger partial charge is 0.136 e. The maximum atomic E-state index is 6.72. The van der Waals surface area contributed by atoms with Crippen LogP contribution in [0, 0.1) is 0 Å². The molecular formula is C26H15ClO. The van der Waals surface area contributed by atoms with Crippen molar-refractivity contribution in [1.29, 1.82) is 0 Å². The molecule has 0 saturated heterocycles. The van der Waals surface area contributed by atoms with Crippen molar-refractivity contribution in [3.8, 4) is 11.1 Å². The number of rotatable bonds is 1. The third-order valence-corrected chi connectivity index (χ3v) is 5.84. The van der Waals surface area contributed by atoms with E-state index in [1.807, 2.05) is 30.3 Å². The molecule has 0 atom stereocenters. The minimum atomic E-state index is 0.735. The van der Waals surface area contributed by atoms with Crippen molar-refractivity contribution >= 4 is 55.1 Å². The number of furan rings is 1. The molecule has 1 aromatic heterocycles. The van der Waals surface area contributed by atoms with E-state index in [9.17, 15) is 0 Å². The summed E-state index contributed by atoms with van der Waals surface area (Å²) in [7, 11) is 0. The number of para-hydroxylation sites is 1. The zero-order valence-electron chi connectivity index (χ0n) is 14.9. The summed E-state index contributed by atoms with van der Waals surface area (Å²) in [5.41, 5.74) is 3.87. The summed E-state index contributed by atoms with van der Waals surface area (Å²) in [6.45, 7) is 0. The molecule has 1 heterocycles. The number of hydrogen-bond acceptors (Lipinski definition) is 1. The van der Waals surface area contributed by atoms with Crippen molar-refractivity contribution in [3.05, 3.63) is 96.0 Å². The van der Waals surface area contributed by atoms with Gasteiger partial charge in [0.05, 0.1) is 0 Å². The van der Waals surface area contributed by atoms with Crippen LogP contribution < -0.4 is 0 Å². The van der Waals surface area contributed by atoms with Crippen molar-refractivity contribution < 1.29 is 4.42 Å². The molecule has 0 saturated carbocycles. The van der Waals surface area contributed by atoms with Crippen LogP contribution in [0.15, 0.2) is 95.4 Å². The van der Waals surface area contributed by atoms with E-state index >= 15 is 0 Å². The Hall–Kier alpha value is -3.29. The number of hydrogen-bond donors (Lipinski definition) is 0. The van der Waals surface area contributed by atoms with Crippen LogP contribution in [0.25, 0.3) is 54.6 Å². The SMILES string of the molecule is Clc1ccc2oc3ccccc3c2c1-c1ccc2ccc3ccccc3c2c1. The van der Waals surface area contributed by atoms with Crippen LogP contribution >= 0.6 is 11.6 Å². The average molecular weight is 379 g/mol. The van der Waals surface area contributed by atoms with Gasteiger partial charge in [-0.05, 0) is 51.4 Å². The molecule has 0 aliphatic heterocycles. The molecule has 6 rings (SSSR count). The van der Waals surface area contributed by atoms with E-state index in [0.717, 1.165) is 38.1 Å². The van der Waals surface area contributed by atoms with Crippen LogP contribution in [0.3, 0.4) is 0 Å². The van der Waals surface area contributed by atoms with Gasteiger partial charge in [0.2, 0.25) is 0 Å². The number of fused-ring (bicyclic) bond motifs is 6. The largest absolute Gasteiger partial charge is 0.456 e. The van der Waals surface area contributed by atoms with Gasteiger partial charge in [0.1, 0.15) is 11.2 Å². The lowest BCUT2D eigenvalue weighted by Gasteiger charge is -2.10. The van der Waals surface area contributed by atoms with Gasteiger partial charge in [-0.25, -0.2) is 0 Å². The van der Waals surface area contributed by atoms with Gasteiger partial charge in [0.25, 0.3) is 0 Å². The van der Waals surface area contributed by atoms with Crippen LogP contribution in [0.1, 0.15) is 0 Å². The fraction of sp³-hybridized carbons (Fsp3) is 0. The van der Waals surface area contributed by atoms with E-state index in [1.165, 1.54) is 21.5 Å². The molecule has 0 radical (unpaired) electrons. The lowest BCUT2D eigenvalue weighted by Crippen LogP contribution is -1.84. The summed E-state index contributed by atoms with van der Waals surface area (Å²) >= 11 is 6.72. The van der Waals surface area contributed by atoms with E-state index in [2.05, 4.69) is 60.7 Å². The van der Waals surface area contributed by atoms with Gasteiger partial charge in [0, 0.05) is 21.4 Å². The molecule has 1 nitrogen and oxygen atoms in total. The van der Waals surface area contributed by atoms with Gasteiger partial charge in [-0.1, -0.05) is 78.3 Å². The molecule has 0 aliphatic rings. The quantitative estimate of drug-likeness (QED) is 0.263. The molecule has 132 valence electrons. The topological polar surface area (TPSA) is 13.1 Å². The molecule has 0 amide bonds. The Labute approximate surface area is 166 Å². The van der Waals surface area contributed by atoms with Gasteiger partial charge in [-0.2, -0.15) is 0 Å². The molecule has 0 bridgehead atoms. The zero-order chi connectivity index (χ0) is 18.7. The normalized spacial score (nSPS) is 11.8. The summed E-state index contributed by atoms with van der Waals surface area (Å²) in [5.74, 6) is 0. The maximum absolute atomic E-state index is 6.72. The molecule has 0 N–H and O–H groups in total. The molecular weight excluding hydrogens is 364 g/mol. The van der Waals surface area contributed by atoms with Crippen LogP contribution in [-0.2, 0) is 0 Å². The summed E-state index contributed by atoms with van der Waals surface area (Å²) in [6.07, 6.45) is 0. The Morgan fingerprint density at radius 2 is 1.29 bits per heavy atom. The zero-order valence-corrected chi connectivity index (χ0v) is 15.7. The second kappa shape index (κ2) is 5.85. The van der Waals surface area contributed by atoms with Gasteiger partial charge in [-0.3, -0.25) is 0 Å². The molecule has 28 heavy (non-hydrogen) atoms. The fourth-order valence-corrected chi connectivity index (χ4v) is 4.50. The van der Waals surface area contributed by atoms with Crippen LogP contribution in [0.2, 0.25) is 5.02 Å². The summed E-state index contributed by atoms with van der Waals surface area (Å²) in [4.78, 5) is 0. The van der Waals surface area contributed by atoms with Gasteiger partial charge >= 0.3 is 0 Å². The predicted octanol–water partition coefficient (Wildman–Crippen LogP) is 8.21. The molecule has 5 aromatic carbocycles. The van der Waals surface area contributed by atoms with Crippen LogP contribution in [0.5, 0.6) is 0 Å².